The average molecular weight is 313 g/mol. The summed E-state index contributed by atoms with van der Waals surface area (Å²) in [5, 5.41) is 0. The molecule has 19 heavy (non-hydrogen) atoms. The zero-order chi connectivity index (χ0) is 13.2. The second kappa shape index (κ2) is 5.34. The van der Waals surface area contributed by atoms with Crippen LogP contribution in [0.15, 0.2) is 59.1 Å². The van der Waals surface area contributed by atoms with Crippen LogP contribution in [0, 0.1) is 0 Å². The number of allylic oxidation sites excluding steroid dienone is 2. The van der Waals surface area contributed by atoms with Crippen molar-refractivity contribution < 1.29 is 0 Å². The summed E-state index contributed by atoms with van der Waals surface area (Å²) in [6.45, 7) is 2.24. The molecule has 0 radical (unpaired) electrons. The highest BCUT2D eigenvalue weighted by atomic mass is 79.9. The second-order valence-electron chi connectivity index (χ2n) is 5.03. The van der Waals surface area contributed by atoms with Crippen LogP contribution < -0.4 is 0 Å². The number of rotatable bonds is 3. The van der Waals surface area contributed by atoms with Crippen molar-refractivity contribution in [2.45, 2.75) is 25.7 Å². The fraction of sp³-hybridized carbons (Fsp3) is 0.222. The van der Waals surface area contributed by atoms with Gasteiger partial charge in [-0.05, 0) is 34.8 Å². The molecule has 0 saturated heterocycles. The van der Waals surface area contributed by atoms with Crippen molar-refractivity contribution in [2.75, 3.05) is 0 Å². The largest absolute Gasteiger partial charge is 0.0688 e. The number of benzene rings is 2. The van der Waals surface area contributed by atoms with Gasteiger partial charge in [-0.25, -0.2) is 0 Å². The van der Waals surface area contributed by atoms with Crippen molar-refractivity contribution in [3.63, 3.8) is 0 Å². The lowest BCUT2D eigenvalue weighted by Crippen LogP contribution is -1.95. The first-order chi connectivity index (χ1) is 9.31. The molecular weight excluding hydrogens is 296 g/mol. The maximum absolute atomic E-state index is 3.72. The number of hydrogen-bond acceptors (Lipinski definition) is 0. The van der Waals surface area contributed by atoms with Gasteiger partial charge in [0.25, 0.3) is 0 Å². The van der Waals surface area contributed by atoms with Crippen molar-refractivity contribution in [3.05, 3.63) is 75.8 Å². The molecule has 0 heterocycles. The van der Waals surface area contributed by atoms with Crippen molar-refractivity contribution in [2.24, 2.45) is 0 Å². The number of halogens is 1. The third-order valence-electron chi connectivity index (χ3n) is 3.75. The Kier molecular flexibility index (Phi) is 3.56. The monoisotopic (exact) mass is 312 g/mol. The van der Waals surface area contributed by atoms with E-state index in [1.54, 1.807) is 0 Å². The summed E-state index contributed by atoms with van der Waals surface area (Å²) in [5.41, 5.74) is 5.72. The van der Waals surface area contributed by atoms with Crippen LogP contribution in [-0.4, -0.2) is 0 Å². The first kappa shape index (κ1) is 12.7. The standard InChI is InChI=1S/C18H17Br/c1-2-7-14-12-16(13-8-4-3-5-9-13)15-10-6-11-17(19)18(14)15/h3-6,8-12,16H,2,7H2,1H3. The predicted molar refractivity (Wildman–Crippen MR) is 85.3 cm³/mol. The molecule has 0 spiro atoms. The highest BCUT2D eigenvalue weighted by Crippen LogP contribution is 2.44. The average Bonchev–Trinajstić information content (AvgIpc) is 2.81. The molecule has 0 bridgehead atoms. The van der Waals surface area contributed by atoms with Crippen LogP contribution in [0.1, 0.15) is 42.4 Å². The van der Waals surface area contributed by atoms with Gasteiger partial charge >= 0.3 is 0 Å². The Morgan fingerprint density at radius 1 is 1.00 bits per heavy atom. The molecule has 1 unspecified atom stereocenters. The lowest BCUT2D eigenvalue weighted by molar-refractivity contribution is 0.973. The van der Waals surface area contributed by atoms with Crippen LogP contribution >= 0.6 is 15.9 Å². The zero-order valence-electron chi connectivity index (χ0n) is 11.1. The summed E-state index contributed by atoms with van der Waals surface area (Å²) in [7, 11) is 0. The number of hydrogen-bond donors (Lipinski definition) is 0. The van der Waals surface area contributed by atoms with Crippen molar-refractivity contribution in [1.82, 2.24) is 0 Å². The van der Waals surface area contributed by atoms with E-state index in [1.165, 1.54) is 33.2 Å². The first-order valence-electron chi connectivity index (χ1n) is 6.85. The van der Waals surface area contributed by atoms with Crippen molar-refractivity contribution in [1.29, 1.82) is 0 Å². The molecule has 0 aliphatic heterocycles. The highest BCUT2D eigenvalue weighted by molar-refractivity contribution is 9.10. The van der Waals surface area contributed by atoms with Crippen molar-refractivity contribution in [3.8, 4) is 0 Å². The molecule has 2 aromatic carbocycles. The van der Waals surface area contributed by atoms with Crippen LogP contribution in [0.3, 0.4) is 0 Å². The maximum Gasteiger partial charge on any atom is 0.0281 e. The molecule has 0 amide bonds. The Bertz CT molecular complexity index is 611. The summed E-state index contributed by atoms with van der Waals surface area (Å²) in [6.07, 6.45) is 4.78. The van der Waals surface area contributed by atoms with Crippen LogP contribution in [-0.2, 0) is 0 Å². The lowest BCUT2D eigenvalue weighted by atomic mass is 9.93. The van der Waals surface area contributed by atoms with E-state index in [0.29, 0.717) is 5.92 Å². The molecule has 2 aromatic rings. The van der Waals surface area contributed by atoms with Crippen LogP contribution in [0.5, 0.6) is 0 Å². The third kappa shape index (κ3) is 2.28. The molecule has 96 valence electrons. The van der Waals surface area contributed by atoms with E-state index in [0.717, 1.165) is 6.42 Å². The molecule has 0 nitrogen and oxygen atoms in total. The Morgan fingerprint density at radius 2 is 1.79 bits per heavy atom. The van der Waals surface area contributed by atoms with Gasteiger partial charge < -0.3 is 0 Å². The van der Waals surface area contributed by atoms with Gasteiger partial charge in [-0.1, -0.05) is 77.8 Å². The lowest BCUT2D eigenvalue weighted by Gasteiger charge is -2.12. The van der Waals surface area contributed by atoms with E-state index >= 15 is 0 Å². The molecule has 0 fully saturated rings. The second-order valence-corrected chi connectivity index (χ2v) is 5.89. The van der Waals surface area contributed by atoms with E-state index in [4.69, 9.17) is 0 Å². The maximum atomic E-state index is 3.72. The van der Waals surface area contributed by atoms with Gasteiger partial charge in [-0.15, -0.1) is 0 Å². The van der Waals surface area contributed by atoms with E-state index in [9.17, 15) is 0 Å². The fourth-order valence-electron chi connectivity index (χ4n) is 2.93. The molecule has 1 atom stereocenters. The molecule has 0 saturated carbocycles. The Hall–Kier alpha value is -1.34. The SMILES string of the molecule is CCCC1=CC(c2ccccc2)c2cccc(Br)c21. The Labute approximate surface area is 123 Å². The first-order valence-corrected chi connectivity index (χ1v) is 7.65. The molecule has 1 aliphatic carbocycles. The van der Waals surface area contributed by atoms with Gasteiger partial charge in [0.15, 0.2) is 0 Å². The quantitative estimate of drug-likeness (QED) is 0.674. The zero-order valence-corrected chi connectivity index (χ0v) is 12.7. The fourth-order valence-corrected chi connectivity index (χ4v) is 3.56. The molecule has 0 aromatic heterocycles. The van der Waals surface area contributed by atoms with Gasteiger partial charge in [-0.2, -0.15) is 0 Å². The third-order valence-corrected chi connectivity index (χ3v) is 4.41. The minimum atomic E-state index is 0.412. The van der Waals surface area contributed by atoms with E-state index in [1.807, 2.05) is 0 Å². The minimum absolute atomic E-state index is 0.412. The van der Waals surface area contributed by atoms with Crippen LogP contribution in [0.4, 0.5) is 0 Å². The van der Waals surface area contributed by atoms with Gasteiger partial charge in [0.05, 0.1) is 0 Å². The summed E-state index contributed by atoms with van der Waals surface area (Å²) >= 11 is 3.72. The van der Waals surface area contributed by atoms with Crippen molar-refractivity contribution >= 4 is 21.5 Å². The normalized spacial score (nSPS) is 17.2. The van der Waals surface area contributed by atoms with E-state index in [2.05, 4.69) is 77.5 Å². The Balaban J connectivity index is 2.12. The summed E-state index contributed by atoms with van der Waals surface area (Å²) in [6, 6.07) is 17.3. The van der Waals surface area contributed by atoms with Crippen LogP contribution in [0.2, 0.25) is 0 Å². The smallest absolute Gasteiger partial charge is 0.0281 e. The Morgan fingerprint density at radius 3 is 2.53 bits per heavy atom. The minimum Gasteiger partial charge on any atom is -0.0688 e. The van der Waals surface area contributed by atoms with Gasteiger partial charge in [0.2, 0.25) is 0 Å². The molecular formula is C18H17Br. The highest BCUT2D eigenvalue weighted by Gasteiger charge is 2.25. The summed E-state index contributed by atoms with van der Waals surface area (Å²) < 4.78 is 1.23. The van der Waals surface area contributed by atoms with Gasteiger partial charge in [0.1, 0.15) is 0 Å². The molecule has 3 rings (SSSR count). The predicted octanol–water partition coefficient (Wildman–Crippen LogP) is 5.78. The number of fused-ring (bicyclic) bond motifs is 1. The molecule has 1 aliphatic rings. The van der Waals surface area contributed by atoms with Gasteiger partial charge in [0, 0.05) is 10.4 Å². The summed E-state index contributed by atoms with van der Waals surface area (Å²) in [4.78, 5) is 0. The van der Waals surface area contributed by atoms with E-state index < -0.39 is 0 Å². The molecule has 1 heteroatoms. The topological polar surface area (TPSA) is 0 Å². The molecule has 0 N–H and O–H groups in total. The van der Waals surface area contributed by atoms with Gasteiger partial charge in [-0.3, -0.25) is 0 Å². The van der Waals surface area contributed by atoms with Crippen LogP contribution in [0.25, 0.3) is 5.57 Å². The summed E-state index contributed by atoms with van der Waals surface area (Å²) in [5.74, 6) is 0.412. The van der Waals surface area contributed by atoms with E-state index in [-0.39, 0.29) is 0 Å².